The first-order valence-corrected chi connectivity index (χ1v) is 8.29. The number of ether oxygens (including phenoxy) is 1. The molecule has 0 aliphatic heterocycles. The van der Waals surface area contributed by atoms with Gasteiger partial charge in [-0.3, -0.25) is 0 Å². The molecular weight excluding hydrogens is 375 g/mol. The minimum atomic E-state index is -4.44. The Kier molecular flexibility index (Phi) is 5.68. The molecule has 2 nitrogen and oxygen atoms in total. The summed E-state index contributed by atoms with van der Waals surface area (Å²) in [5.74, 6) is 1.35. The predicted octanol–water partition coefficient (Wildman–Crippen LogP) is 7.37. The second-order valence-electron chi connectivity index (χ2n) is 5.54. The first kappa shape index (κ1) is 18.8. The van der Waals surface area contributed by atoms with E-state index in [2.05, 4.69) is 10.9 Å². The zero-order chi connectivity index (χ0) is 19.3. The fraction of sp³-hybridized carbons (Fsp3) is 0.0476. The highest BCUT2D eigenvalue weighted by molar-refractivity contribution is 6.33. The van der Waals surface area contributed by atoms with E-state index < -0.39 is 11.7 Å². The molecule has 27 heavy (non-hydrogen) atoms. The van der Waals surface area contributed by atoms with Crippen LogP contribution >= 0.6 is 11.6 Å². The summed E-state index contributed by atoms with van der Waals surface area (Å²) < 4.78 is 43.7. The first-order valence-electron chi connectivity index (χ1n) is 7.91. The van der Waals surface area contributed by atoms with E-state index in [1.807, 2.05) is 48.5 Å². The Balaban J connectivity index is 1.70. The number of hydrogen-bond acceptors (Lipinski definition) is 1. The van der Waals surface area contributed by atoms with Crippen LogP contribution < -0.4 is 4.74 Å². The molecule has 0 amide bonds. The van der Waals surface area contributed by atoms with Crippen LogP contribution in [0.15, 0.2) is 72.8 Å². The van der Waals surface area contributed by atoms with Crippen LogP contribution in [0.1, 0.15) is 11.1 Å². The van der Waals surface area contributed by atoms with Crippen molar-refractivity contribution >= 4 is 17.3 Å². The van der Waals surface area contributed by atoms with E-state index in [1.165, 1.54) is 6.07 Å². The quantitative estimate of drug-likeness (QED) is 0.457. The highest BCUT2D eigenvalue weighted by Gasteiger charge is 2.31. The summed E-state index contributed by atoms with van der Waals surface area (Å²) in [6, 6.07) is 22.3. The Labute approximate surface area is 159 Å². The first-order chi connectivity index (χ1) is 12.9. The molecule has 3 aromatic carbocycles. The highest BCUT2D eigenvalue weighted by Crippen LogP contribution is 2.34. The van der Waals surface area contributed by atoms with Gasteiger partial charge in [-0.25, -0.2) is 0 Å². The van der Waals surface area contributed by atoms with Gasteiger partial charge in [-0.2, -0.15) is 13.2 Å². The van der Waals surface area contributed by atoms with Crippen molar-refractivity contribution < 1.29 is 17.9 Å². The fourth-order valence-electron chi connectivity index (χ4n) is 2.24. The Morgan fingerprint density at radius 3 is 2.33 bits per heavy atom. The maximum absolute atomic E-state index is 12.6. The molecule has 0 atom stereocenters. The molecule has 0 N–H and O–H groups in total. The molecular formula is C21H13ClF3NO+. The molecule has 0 fully saturated rings. The summed E-state index contributed by atoms with van der Waals surface area (Å²) in [6.45, 7) is 0. The van der Waals surface area contributed by atoms with Gasteiger partial charge in [-0.05, 0) is 46.8 Å². The summed E-state index contributed by atoms with van der Waals surface area (Å²) >= 11 is 5.87. The minimum Gasteiger partial charge on any atom is -0.457 e. The predicted molar refractivity (Wildman–Crippen MR) is 99.7 cm³/mol. The third kappa shape index (κ3) is 5.25. The molecule has 6 heteroatoms. The van der Waals surface area contributed by atoms with E-state index in [0.29, 0.717) is 11.5 Å². The molecule has 0 aliphatic carbocycles. The lowest BCUT2D eigenvalue weighted by molar-refractivity contribution is -0.137. The Hall–Kier alpha value is -2.97. The van der Waals surface area contributed by atoms with Crippen LogP contribution in [0.4, 0.5) is 18.9 Å². The number of nitrogens with zero attached hydrogens (tertiary/aromatic N) is 1. The second kappa shape index (κ2) is 8.15. The van der Waals surface area contributed by atoms with E-state index in [1.54, 1.807) is 12.5 Å². The normalized spacial score (nSPS) is 10.8. The highest BCUT2D eigenvalue weighted by atomic mass is 35.5. The minimum absolute atomic E-state index is 0.0908. The van der Waals surface area contributed by atoms with Gasteiger partial charge in [-0.1, -0.05) is 41.9 Å². The monoisotopic (exact) mass is 387 g/mol. The van der Waals surface area contributed by atoms with E-state index in [9.17, 15) is 13.2 Å². The molecule has 135 valence electrons. The van der Waals surface area contributed by atoms with Gasteiger partial charge in [-0.15, -0.1) is 0 Å². The van der Waals surface area contributed by atoms with Gasteiger partial charge in [0.1, 0.15) is 22.9 Å². The molecule has 0 aromatic heterocycles. The zero-order valence-electron chi connectivity index (χ0n) is 13.9. The maximum Gasteiger partial charge on any atom is 0.416 e. The third-order valence-electron chi connectivity index (χ3n) is 3.53. The molecule has 3 aromatic rings. The Morgan fingerprint density at radius 1 is 0.889 bits per heavy atom. The molecule has 0 saturated heterocycles. The summed E-state index contributed by atoms with van der Waals surface area (Å²) in [6.07, 6.45) is -2.85. The van der Waals surface area contributed by atoms with Crippen molar-refractivity contribution in [1.82, 2.24) is 0 Å². The summed E-state index contributed by atoms with van der Waals surface area (Å²) in [5.41, 5.74) is 0.161. The third-order valence-corrected chi connectivity index (χ3v) is 3.83. The largest absolute Gasteiger partial charge is 0.457 e. The number of benzene rings is 3. The van der Waals surface area contributed by atoms with E-state index in [4.69, 9.17) is 16.3 Å². The molecule has 3 rings (SSSR count). The van der Waals surface area contributed by atoms with Crippen LogP contribution in [0, 0.1) is 12.5 Å². The van der Waals surface area contributed by atoms with Crippen molar-refractivity contribution in [2.45, 2.75) is 6.18 Å². The topological polar surface area (TPSA) is 13.6 Å². The molecule has 0 saturated carbocycles. The van der Waals surface area contributed by atoms with Crippen LogP contribution in [-0.2, 0) is 6.18 Å². The average Bonchev–Trinajstić information content (AvgIpc) is 2.63. The molecule has 0 spiro atoms. The van der Waals surface area contributed by atoms with Crippen molar-refractivity contribution in [1.29, 1.82) is 0 Å². The van der Waals surface area contributed by atoms with Crippen LogP contribution in [0.3, 0.4) is 0 Å². The van der Waals surface area contributed by atoms with Crippen molar-refractivity contribution in [3.05, 3.63) is 100 Å². The lowest BCUT2D eigenvalue weighted by atomic mass is 10.1. The lowest BCUT2D eigenvalue weighted by Gasteiger charge is -2.05. The second-order valence-corrected chi connectivity index (χ2v) is 5.94. The molecule has 0 aliphatic rings. The van der Waals surface area contributed by atoms with Crippen LogP contribution in [0.25, 0.3) is 4.85 Å². The van der Waals surface area contributed by atoms with Gasteiger partial charge in [0.15, 0.2) is 0 Å². The van der Waals surface area contributed by atoms with Gasteiger partial charge >= 0.3 is 11.9 Å². The molecule has 0 unspecified atom stereocenters. The van der Waals surface area contributed by atoms with Gasteiger partial charge in [0.05, 0.1) is 5.56 Å². The molecule has 0 heterocycles. The zero-order valence-corrected chi connectivity index (χ0v) is 14.6. The van der Waals surface area contributed by atoms with Gasteiger partial charge in [0, 0.05) is 6.07 Å². The Morgan fingerprint density at radius 2 is 1.63 bits per heavy atom. The smallest absolute Gasteiger partial charge is 0.416 e. The van der Waals surface area contributed by atoms with Gasteiger partial charge < -0.3 is 4.74 Å². The summed E-state index contributed by atoms with van der Waals surface area (Å²) in [4.78, 5) is 3.99. The number of rotatable bonds is 3. The standard InChI is InChI=1S/C21H13ClF3NO/c22-19-14-16(21(23,24)25)9-10-20(19)26-12-11-15-5-4-8-18(13-15)27-17-6-2-1-3-7-17/h1-11,13-14H/q+1. The van der Waals surface area contributed by atoms with Gasteiger partial charge in [0.25, 0.3) is 6.07 Å². The van der Waals surface area contributed by atoms with E-state index >= 15 is 0 Å². The summed E-state index contributed by atoms with van der Waals surface area (Å²) in [7, 11) is 0. The number of para-hydroxylation sites is 1. The number of alkyl halides is 3. The van der Waals surface area contributed by atoms with Crippen LogP contribution in [0.5, 0.6) is 11.5 Å². The average molecular weight is 388 g/mol. The van der Waals surface area contributed by atoms with Crippen LogP contribution in [-0.4, -0.2) is 0 Å². The van der Waals surface area contributed by atoms with E-state index in [-0.39, 0.29) is 10.7 Å². The van der Waals surface area contributed by atoms with Crippen LogP contribution in [0.2, 0.25) is 5.02 Å². The van der Waals surface area contributed by atoms with Gasteiger partial charge in [0.2, 0.25) is 0 Å². The van der Waals surface area contributed by atoms with Crippen molar-refractivity contribution in [3.63, 3.8) is 0 Å². The number of halogens is 4. The maximum atomic E-state index is 12.6. The molecule has 0 bridgehead atoms. The SMILES string of the molecule is FC(F)(F)c1ccc([N+]#C[CH]c2cccc(Oc3ccccc3)c2)c(Cl)c1. The van der Waals surface area contributed by atoms with Crippen molar-refractivity contribution in [2.24, 2.45) is 0 Å². The lowest BCUT2D eigenvalue weighted by Crippen LogP contribution is -2.03. The van der Waals surface area contributed by atoms with E-state index in [0.717, 1.165) is 17.7 Å². The Bertz CT molecular complexity index is 992. The molecule has 1 radical (unpaired) electrons. The van der Waals surface area contributed by atoms with Crippen molar-refractivity contribution in [2.75, 3.05) is 0 Å². The van der Waals surface area contributed by atoms with Crippen molar-refractivity contribution in [3.8, 4) is 17.6 Å². The summed E-state index contributed by atoms with van der Waals surface area (Å²) in [5, 5.41) is -0.0908. The number of hydrogen-bond donors (Lipinski definition) is 0. The fourth-order valence-corrected chi connectivity index (χ4v) is 2.47.